The van der Waals surface area contributed by atoms with Crippen LogP contribution >= 0.6 is 23.5 Å². The number of urea groups is 1. The van der Waals surface area contributed by atoms with E-state index < -0.39 is 6.03 Å². The van der Waals surface area contributed by atoms with Crippen molar-refractivity contribution < 1.29 is 4.79 Å². The number of rotatable bonds is 4. The summed E-state index contributed by atoms with van der Waals surface area (Å²) in [5.74, 6) is 0. The average Bonchev–Trinajstić information content (AvgIpc) is 2.54. The molecule has 5 nitrogen and oxygen atoms in total. The van der Waals surface area contributed by atoms with Crippen molar-refractivity contribution in [2.45, 2.75) is 37.0 Å². The van der Waals surface area contributed by atoms with Gasteiger partial charge in [-0.1, -0.05) is 11.6 Å². The average molecular weight is 351 g/mol. The molecule has 1 aromatic heterocycles. The van der Waals surface area contributed by atoms with E-state index in [4.69, 9.17) is 17.3 Å². The van der Waals surface area contributed by atoms with Gasteiger partial charge in [-0.25, -0.2) is 4.79 Å². The lowest BCUT2D eigenvalue weighted by atomic mass is 9.94. The van der Waals surface area contributed by atoms with Crippen LogP contribution in [-0.2, 0) is 0 Å². The van der Waals surface area contributed by atoms with Crippen LogP contribution in [-0.4, -0.2) is 22.3 Å². The lowest BCUT2D eigenvalue weighted by Gasteiger charge is -2.29. The molecule has 122 valence electrons. The second kappa shape index (κ2) is 7.27. The summed E-state index contributed by atoms with van der Waals surface area (Å²) < 4.78 is 2.62. The Morgan fingerprint density at radius 3 is 2.78 bits per heavy atom. The number of benzene rings is 1. The fourth-order valence-electron chi connectivity index (χ4n) is 2.93. The minimum atomic E-state index is -0.475. The lowest BCUT2D eigenvalue weighted by molar-refractivity contribution is 0.254. The molecule has 0 bridgehead atoms. The van der Waals surface area contributed by atoms with Crippen LogP contribution in [0.3, 0.4) is 0 Å². The molecule has 1 heterocycles. The Morgan fingerprint density at radius 2 is 2.04 bits per heavy atom. The summed E-state index contributed by atoms with van der Waals surface area (Å²) >= 11 is 7.47. The van der Waals surface area contributed by atoms with Crippen molar-refractivity contribution >= 4 is 46.2 Å². The summed E-state index contributed by atoms with van der Waals surface area (Å²) in [6.45, 7) is 0. The van der Waals surface area contributed by atoms with Crippen molar-refractivity contribution in [1.82, 2.24) is 9.71 Å². The van der Waals surface area contributed by atoms with Crippen LogP contribution in [0.5, 0.6) is 0 Å². The zero-order chi connectivity index (χ0) is 16.2. The van der Waals surface area contributed by atoms with Gasteiger partial charge in [0.1, 0.15) is 0 Å². The maximum atomic E-state index is 10.8. The third-order valence-corrected chi connectivity index (χ3v) is 5.42. The van der Waals surface area contributed by atoms with Crippen LogP contribution in [0.15, 0.2) is 30.5 Å². The number of nitrogens with zero attached hydrogens (tertiary/aromatic N) is 1. The molecule has 1 saturated carbocycles. The topological polar surface area (TPSA) is 80.0 Å². The van der Waals surface area contributed by atoms with E-state index >= 15 is 0 Å². The van der Waals surface area contributed by atoms with E-state index in [1.165, 1.54) is 11.9 Å². The molecule has 7 heteroatoms. The highest BCUT2D eigenvalue weighted by Gasteiger charge is 2.22. The highest BCUT2D eigenvalue weighted by Crippen LogP contribution is 2.31. The number of nitrogens with two attached hydrogens (primary N) is 1. The maximum Gasteiger partial charge on any atom is 0.322 e. The molecular weight excluding hydrogens is 332 g/mol. The van der Waals surface area contributed by atoms with Crippen molar-refractivity contribution in [3.05, 3.63) is 35.5 Å². The first-order valence-corrected chi connectivity index (χ1v) is 8.89. The summed E-state index contributed by atoms with van der Waals surface area (Å²) in [6.07, 6.45) is 6.04. The summed E-state index contributed by atoms with van der Waals surface area (Å²) in [5.41, 5.74) is 7.10. The standard InChI is InChI=1S/C16H19ClN4OS/c17-10-1-6-13-14(7-8-19-15(13)9-10)20-11-2-4-12(5-3-11)23-21-16(18)22/h1,6-9,11-12H,2-5H2,(H,19,20)(H3,18,21,22). The number of fused-ring (bicyclic) bond motifs is 1. The monoisotopic (exact) mass is 350 g/mol. The summed E-state index contributed by atoms with van der Waals surface area (Å²) in [4.78, 5) is 15.1. The van der Waals surface area contributed by atoms with Crippen LogP contribution in [0.1, 0.15) is 25.7 Å². The van der Waals surface area contributed by atoms with Gasteiger partial charge in [-0.3, -0.25) is 9.71 Å². The first kappa shape index (κ1) is 16.2. The number of anilines is 1. The number of nitrogens with one attached hydrogen (secondary N) is 2. The summed E-state index contributed by atoms with van der Waals surface area (Å²) in [6, 6.07) is 7.74. The highest BCUT2D eigenvalue weighted by atomic mass is 35.5. The van der Waals surface area contributed by atoms with Crippen LogP contribution in [0.25, 0.3) is 10.9 Å². The molecule has 2 aromatic rings. The molecule has 1 aliphatic carbocycles. The molecule has 2 amide bonds. The molecule has 0 aliphatic heterocycles. The van der Waals surface area contributed by atoms with Crippen LogP contribution in [0.2, 0.25) is 5.02 Å². The fraction of sp³-hybridized carbons (Fsp3) is 0.375. The summed E-state index contributed by atoms with van der Waals surface area (Å²) in [5, 5.41) is 5.85. The molecule has 0 saturated heterocycles. The summed E-state index contributed by atoms with van der Waals surface area (Å²) in [7, 11) is 0. The van der Waals surface area contributed by atoms with Crippen molar-refractivity contribution in [2.75, 3.05) is 5.32 Å². The SMILES string of the molecule is NC(=O)NSC1CCC(Nc2ccnc3cc(Cl)ccc23)CC1. The van der Waals surface area contributed by atoms with Gasteiger partial charge in [0, 0.05) is 33.6 Å². The number of aromatic nitrogens is 1. The number of hydrogen-bond acceptors (Lipinski definition) is 4. The van der Waals surface area contributed by atoms with E-state index in [2.05, 4.69) is 15.0 Å². The Morgan fingerprint density at radius 1 is 1.26 bits per heavy atom. The van der Waals surface area contributed by atoms with E-state index in [9.17, 15) is 4.79 Å². The van der Waals surface area contributed by atoms with Gasteiger partial charge in [-0.2, -0.15) is 0 Å². The van der Waals surface area contributed by atoms with Crippen LogP contribution in [0, 0.1) is 0 Å². The molecule has 0 radical (unpaired) electrons. The molecular formula is C16H19ClN4OS. The van der Waals surface area contributed by atoms with E-state index in [-0.39, 0.29) is 0 Å². The van der Waals surface area contributed by atoms with Crippen molar-refractivity contribution in [1.29, 1.82) is 0 Å². The van der Waals surface area contributed by atoms with Gasteiger partial charge >= 0.3 is 6.03 Å². The molecule has 4 N–H and O–H groups in total. The zero-order valence-electron chi connectivity index (χ0n) is 12.6. The number of carbonyl (C=O) groups excluding carboxylic acids is 1. The molecule has 1 fully saturated rings. The van der Waals surface area contributed by atoms with Gasteiger partial charge in [0.25, 0.3) is 0 Å². The Hall–Kier alpha value is -1.66. The third-order valence-electron chi connectivity index (χ3n) is 4.06. The number of hydrogen-bond donors (Lipinski definition) is 3. The second-order valence-electron chi connectivity index (χ2n) is 5.72. The molecule has 1 aromatic carbocycles. The predicted octanol–water partition coefficient (Wildman–Crippen LogP) is 3.93. The zero-order valence-corrected chi connectivity index (χ0v) is 14.2. The van der Waals surface area contributed by atoms with E-state index in [1.807, 2.05) is 24.3 Å². The normalized spacial score (nSPS) is 21.1. The van der Waals surface area contributed by atoms with Crippen LogP contribution < -0.4 is 15.8 Å². The number of pyridine rings is 1. The van der Waals surface area contributed by atoms with Gasteiger partial charge in [0.2, 0.25) is 0 Å². The first-order valence-electron chi connectivity index (χ1n) is 7.64. The predicted molar refractivity (Wildman–Crippen MR) is 96.7 cm³/mol. The minimum Gasteiger partial charge on any atom is -0.382 e. The molecule has 0 atom stereocenters. The Bertz CT molecular complexity index is 704. The van der Waals surface area contributed by atoms with Gasteiger partial charge in [-0.15, -0.1) is 0 Å². The van der Waals surface area contributed by atoms with Crippen LogP contribution in [0.4, 0.5) is 10.5 Å². The first-order chi connectivity index (χ1) is 11.1. The minimum absolute atomic E-state index is 0.432. The highest BCUT2D eigenvalue weighted by molar-refractivity contribution is 7.98. The quantitative estimate of drug-likeness (QED) is 0.730. The van der Waals surface area contributed by atoms with Crippen molar-refractivity contribution in [3.63, 3.8) is 0 Å². The van der Waals surface area contributed by atoms with Crippen molar-refractivity contribution in [3.8, 4) is 0 Å². The lowest BCUT2D eigenvalue weighted by Crippen LogP contribution is -2.31. The van der Waals surface area contributed by atoms with Gasteiger partial charge in [0.15, 0.2) is 0 Å². The molecule has 1 aliphatic rings. The fourth-order valence-corrected chi connectivity index (χ4v) is 3.89. The Labute approximate surface area is 144 Å². The molecule has 0 spiro atoms. The Balaban J connectivity index is 1.62. The Kier molecular flexibility index (Phi) is 5.13. The molecule has 0 unspecified atom stereocenters. The number of carbonyl (C=O) groups is 1. The second-order valence-corrected chi connectivity index (χ2v) is 7.27. The number of halogens is 1. The number of amides is 2. The van der Waals surface area contributed by atoms with Crippen molar-refractivity contribution in [2.24, 2.45) is 5.73 Å². The largest absolute Gasteiger partial charge is 0.382 e. The van der Waals surface area contributed by atoms with Gasteiger partial charge < -0.3 is 11.1 Å². The number of primary amides is 1. The molecule has 23 heavy (non-hydrogen) atoms. The molecule has 3 rings (SSSR count). The third kappa shape index (κ3) is 4.20. The van der Waals surface area contributed by atoms with E-state index in [1.54, 1.807) is 6.20 Å². The van der Waals surface area contributed by atoms with E-state index in [0.29, 0.717) is 16.3 Å². The van der Waals surface area contributed by atoms with Gasteiger partial charge in [-0.05, 0) is 61.9 Å². The van der Waals surface area contributed by atoms with E-state index in [0.717, 1.165) is 42.3 Å². The smallest absolute Gasteiger partial charge is 0.322 e. The maximum absolute atomic E-state index is 10.8. The van der Waals surface area contributed by atoms with Gasteiger partial charge in [0.05, 0.1) is 5.52 Å².